The zero-order valence-electron chi connectivity index (χ0n) is 11.5. The predicted molar refractivity (Wildman–Crippen MR) is 80.0 cm³/mol. The van der Waals surface area contributed by atoms with E-state index in [-0.39, 0.29) is 11.4 Å². The number of halogens is 2. The summed E-state index contributed by atoms with van der Waals surface area (Å²) in [4.78, 5) is 12.7. The summed E-state index contributed by atoms with van der Waals surface area (Å²) < 4.78 is 13.7. The minimum Gasteiger partial charge on any atom is -0.478 e. The van der Waals surface area contributed by atoms with Gasteiger partial charge in [-0.1, -0.05) is 29.8 Å². The van der Waals surface area contributed by atoms with Gasteiger partial charge >= 0.3 is 5.97 Å². The Morgan fingerprint density at radius 3 is 2.43 bits per heavy atom. The Balaban J connectivity index is 2.01. The number of carbonyl (C=O) groups is 1. The van der Waals surface area contributed by atoms with Crippen molar-refractivity contribution in [2.45, 2.75) is 13.1 Å². The van der Waals surface area contributed by atoms with Crippen LogP contribution in [0, 0.1) is 5.82 Å². The van der Waals surface area contributed by atoms with E-state index in [0.29, 0.717) is 23.7 Å². The molecule has 0 aliphatic carbocycles. The van der Waals surface area contributed by atoms with Crippen LogP contribution in [-0.2, 0) is 13.1 Å². The Morgan fingerprint density at radius 2 is 1.86 bits per heavy atom. The largest absolute Gasteiger partial charge is 0.478 e. The van der Waals surface area contributed by atoms with Crippen molar-refractivity contribution in [2.75, 3.05) is 7.05 Å². The van der Waals surface area contributed by atoms with Crippen LogP contribution < -0.4 is 0 Å². The molecule has 0 aromatic heterocycles. The summed E-state index contributed by atoms with van der Waals surface area (Å²) in [7, 11) is 1.87. The molecule has 0 heterocycles. The second kappa shape index (κ2) is 6.70. The van der Waals surface area contributed by atoms with E-state index >= 15 is 0 Å². The van der Waals surface area contributed by atoms with Gasteiger partial charge in [0.2, 0.25) is 0 Å². The zero-order chi connectivity index (χ0) is 15.4. The first-order chi connectivity index (χ1) is 9.95. The van der Waals surface area contributed by atoms with Crippen LogP contribution in [0.15, 0.2) is 42.5 Å². The molecule has 0 saturated carbocycles. The number of benzene rings is 2. The fourth-order valence-electron chi connectivity index (χ4n) is 2.06. The van der Waals surface area contributed by atoms with Crippen LogP contribution in [0.3, 0.4) is 0 Å². The minimum atomic E-state index is -0.946. The lowest BCUT2D eigenvalue weighted by molar-refractivity contribution is 0.0697. The van der Waals surface area contributed by atoms with E-state index < -0.39 is 5.97 Å². The van der Waals surface area contributed by atoms with Gasteiger partial charge in [-0.05, 0) is 36.9 Å². The molecule has 0 spiro atoms. The first-order valence-corrected chi connectivity index (χ1v) is 6.78. The van der Waals surface area contributed by atoms with Crippen molar-refractivity contribution >= 4 is 17.6 Å². The van der Waals surface area contributed by atoms with Crippen LogP contribution in [0.25, 0.3) is 0 Å². The fraction of sp³-hybridized carbons (Fsp3) is 0.188. The lowest BCUT2D eigenvalue weighted by Gasteiger charge is -2.17. The number of hydrogen-bond donors (Lipinski definition) is 1. The molecule has 1 N–H and O–H groups in total. The number of nitrogens with zero attached hydrogens (tertiary/aromatic N) is 1. The maximum Gasteiger partial charge on any atom is 0.335 e. The number of carboxylic acids is 1. The quantitative estimate of drug-likeness (QED) is 0.913. The van der Waals surface area contributed by atoms with Crippen LogP contribution >= 0.6 is 11.6 Å². The van der Waals surface area contributed by atoms with Crippen molar-refractivity contribution in [1.82, 2.24) is 4.90 Å². The zero-order valence-corrected chi connectivity index (χ0v) is 12.3. The van der Waals surface area contributed by atoms with Gasteiger partial charge in [0.1, 0.15) is 5.82 Å². The summed E-state index contributed by atoms with van der Waals surface area (Å²) in [5.74, 6) is -1.27. The number of rotatable bonds is 5. The standard InChI is InChI=1S/C16H15ClFNO2/c1-19(10-13-6-7-14(17)8-15(13)18)9-11-2-4-12(5-3-11)16(20)21/h2-8H,9-10H2,1H3,(H,20,21). The Morgan fingerprint density at radius 1 is 1.19 bits per heavy atom. The molecule has 0 amide bonds. The summed E-state index contributed by atoms with van der Waals surface area (Å²) >= 11 is 5.72. The number of hydrogen-bond acceptors (Lipinski definition) is 2. The molecule has 5 heteroatoms. The van der Waals surface area contributed by atoms with Crippen LogP contribution in [-0.4, -0.2) is 23.0 Å². The molecule has 110 valence electrons. The summed E-state index contributed by atoms with van der Waals surface area (Å²) in [5, 5.41) is 9.22. The van der Waals surface area contributed by atoms with Crippen molar-refractivity contribution in [3.05, 3.63) is 70.0 Å². The normalized spacial score (nSPS) is 10.9. The van der Waals surface area contributed by atoms with Gasteiger partial charge in [0.05, 0.1) is 5.56 Å². The molecule has 0 aliphatic heterocycles. The molecule has 0 atom stereocenters. The summed E-state index contributed by atoms with van der Waals surface area (Å²) in [6.45, 7) is 1.05. The molecule has 2 aromatic carbocycles. The Labute approximate surface area is 127 Å². The lowest BCUT2D eigenvalue weighted by Crippen LogP contribution is -2.18. The highest BCUT2D eigenvalue weighted by molar-refractivity contribution is 6.30. The summed E-state index contributed by atoms with van der Waals surface area (Å²) in [5.41, 5.74) is 1.80. The van der Waals surface area contributed by atoms with Crippen LogP contribution in [0.5, 0.6) is 0 Å². The van der Waals surface area contributed by atoms with E-state index in [1.165, 1.54) is 6.07 Å². The van der Waals surface area contributed by atoms with Gasteiger partial charge in [-0.25, -0.2) is 9.18 Å². The number of aromatic carboxylic acids is 1. The predicted octanol–water partition coefficient (Wildman–Crippen LogP) is 3.81. The number of carboxylic acid groups (broad SMARTS) is 1. The van der Waals surface area contributed by atoms with Crippen molar-refractivity contribution in [3.63, 3.8) is 0 Å². The van der Waals surface area contributed by atoms with Crippen molar-refractivity contribution in [1.29, 1.82) is 0 Å². The van der Waals surface area contributed by atoms with Gasteiger partial charge < -0.3 is 5.11 Å². The Kier molecular flexibility index (Phi) is 4.94. The highest BCUT2D eigenvalue weighted by Crippen LogP contribution is 2.17. The van der Waals surface area contributed by atoms with Gasteiger partial charge in [0, 0.05) is 23.7 Å². The highest BCUT2D eigenvalue weighted by atomic mass is 35.5. The second-order valence-electron chi connectivity index (χ2n) is 4.91. The average molecular weight is 308 g/mol. The molecule has 0 bridgehead atoms. The summed E-state index contributed by atoms with van der Waals surface area (Å²) in [6.07, 6.45) is 0. The molecule has 2 aromatic rings. The topological polar surface area (TPSA) is 40.5 Å². The molecule has 0 unspecified atom stereocenters. The molecular formula is C16H15ClFNO2. The molecule has 0 aliphatic rings. The maximum absolute atomic E-state index is 13.7. The van der Waals surface area contributed by atoms with Crippen LogP contribution in [0.2, 0.25) is 5.02 Å². The van der Waals surface area contributed by atoms with E-state index in [2.05, 4.69) is 0 Å². The lowest BCUT2D eigenvalue weighted by atomic mass is 10.1. The van der Waals surface area contributed by atoms with Gasteiger partial charge in [-0.3, -0.25) is 4.90 Å². The third kappa shape index (κ3) is 4.28. The van der Waals surface area contributed by atoms with Crippen molar-refractivity contribution < 1.29 is 14.3 Å². The van der Waals surface area contributed by atoms with Gasteiger partial charge in [0.15, 0.2) is 0 Å². The molecular weight excluding hydrogens is 293 g/mol. The molecule has 3 nitrogen and oxygen atoms in total. The smallest absolute Gasteiger partial charge is 0.335 e. The minimum absolute atomic E-state index is 0.255. The SMILES string of the molecule is CN(Cc1ccc(C(=O)O)cc1)Cc1ccc(Cl)cc1F. The Hall–Kier alpha value is -1.91. The fourth-order valence-corrected chi connectivity index (χ4v) is 2.22. The van der Waals surface area contributed by atoms with E-state index in [1.54, 1.807) is 36.4 Å². The van der Waals surface area contributed by atoms with Crippen LogP contribution in [0.4, 0.5) is 4.39 Å². The first kappa shape index (κ1) is 15.5. The van der Waals surface area contributed by atoms with Crippen LogP contribution in [0.1, 0.15) is 21.5 Å². The Bertz CT molecular complexity index is 643. The van der Waals surface area contributed by atoms with E-state index in [0.717, 1.165) is 5.56 Å². The monoisotopic (exact) mass is 307 g/mol. The van der Waals surface area contributed by atoms with Gasteiger partial charge in [-0.15, -0.1) is 0 Å². The third-order valence-electron chi connectivity index (χ3n) is 3.11. The third-order valence-corrected chi connectivity index (χ3v) is 3.34. The summed E-state index contributed by atoms with van der Waals surface area (Å²) in [6, 6.07) is 11.3. The van der Waals surface area contributed by atoms with E-state index in [1.807, 2.05) is 11.9 Å². The van der Waals surface area contributed by atoms with E-state index in [9.17, 15) is 9.18 Å². The van der Waals surface area contributed by atoms with E-state index in [4.69, 9.17) is 16.7 Å². The molecule has 0 radical (unpaired) electrons. The van der Waals surface area contributed by atoms with Gasteiger partial charge in [-0.2, -0.15) is 0 Å². The molecule has 0 fully saturated rings. The van der Waals surface area contributed by atoms with Crippen molar-refractivity contribution in [3.8, 4) is 0 Å². The molecule has 2 rings (SSSR count). The van der Waals surface area contributed by atoms with Gasteiger partial charge in [0.25, 0.3) is 0 Å². The molecule has 21 heavy (non-hydrogen) atoms. The maximum atomic E-state index is 13.7. The first-order valence-electron chi connectivity index (χ1n) is 6.40. The average Bonchev–Trinajstić information content (AvgIpc) is 2.42. The second-order valence-corrected chi connectivity index (χ2v) is 5.35. The molecule has 0 saturated heterocycles. The highest BCUT2D eigenvalue weighted by Gasteiger charge is 2.08. The van der Waals surface area contributed by atoms with Crippen molar-refractivity contribution in [2.24, 2.45) is 0 Å².